The van der Waals surface area contributed by atoms with E-state index in [4.69, 9.17) is 0 Å². The van der Waals surface area contributed by atoms with Gasteiger partial charge in [0.05, 0.1) is 0 Å². The second-order valence-electron chi connectivity index (χ2n) is 3.34. The van der Waals surface area contributed by atoms with Crippen molar-refractivity contribution in [3.63, 3.8) is 0 Å². The fourth-order valence-electron chi connectivity index (χ4n) is 1.35. The molecule has 1 heterocycles. The molecule has 0 N–H and O–H groups in total. The first kappa shape index (κ1) is 11.0. The Hall–Kier alpha value is 0.460. The zero-order chi connectivity index (χ0) is 9.97. The quantitative estimate of drug-likeness (QED) is 0.633. The summed E-state index contributed by atoms with van der Waals surface area (Å²) >= 11 is 7.55. The van der Waals surface area contributed by atoms with Crippen LogP contribution in [-0.4, -0.2) is 38.2 Å². The summed E-state index contributed by atoms with van der Waals surface area (Å²) in [4.78, 5) is 4.59. The number of fused-ring (bicyclic) bond motifs is 1. The number of hydrogen-bond acceptors (Lipinski definition) is 3. The van der Waals surface area contributed by atoms with Gasteiger partial charge in [-0.15, -0.1) is 0 Å². The first-order valence-corrected chi connectivity index (χ1v) is 7.57. The van der Waals surface area contributed by atoms with Crippen molar-refractivity contribution in [1.82, 2.24) is 4.98 Å². The minimum absolute atomic E-state index is 0.502. The first-order valence-electron chi connectivity index (χ1n) is 4.82. The van der Waals surface area contributed by atoms with Gasteiger partial charge in [-0.1, -0.05) is 0 Å². The number of thiazole rings is 1. The van der Waals surface area contributed by atoms with Gasteiger partial charge in [0.25, 0.3) is 0 Å². The molecule has 0 spiro atoms. The molecule has 1 atom stereocenters. The van der Waals surface area contributed by atoms with E-state index in [1.807, 2.05) is 6.07 Å². The van der Waals surface area contributed by atoms with E-state index >= 15 is 0 Å². The molecule has 0 aliphatic carbocycles. The maximum absolute atomic E-state index is 4.59. The van der Waals surface area contributed by atoms with Crippen molar-refractivity contribution in [2.75, 3.05) is 0 Å². The van der Waals surface area contributed by atoms with E-state index in [0.29, 0.717) is 5.25 Å². The van der Waals surface area contributed by atoms with Crippen LogP contribution >= 0.6 is 24.0 Å². The van der Waals surface area contributed by atoms with Crippen LogP contribution < -0.4 is 0 Å². The van der Waals surface area contributed by atoms with Gasteiger partial charge in [0.2, 0.25) is 0 Å². The Bertz CT molecular complexity index is 394. The van der Waals surface area contributed by atoms with E-state index in [0.717, 1.165) is 11.9 Å². The summed E-state index contributed by atoms with van der Waals surface area (Å²) in [7, 11) is 0. The standard InChI is InChI=1S/C10H10NS2.Na/c1-7(12)6-10-11-8-4-2-3-5-9(8)13-10;/h2-5,7,12H,1,6H2;. The number of nitrogens with zero attached hydrogens (tertiary/aromatic N) is 1. The molecule has 2 rings (SSSR count). The van der Waals surface area contributed by atoms with Crippen LogP contribution in [0.2, 0.25) is 3.67 Å². The Morgan fingerprint density at radius 1 is 1.43 bits per heavy atom. The number of para-hydroxylation sites is 1. The fraction of sp³-hybridized carbons (Fsp3) is 0.300. The van der Waals surface area contributed by atoms with Gasteiger partial charge in [0, 0.05) is 0 Å². The fourth-order valence-corrected chi connectivity index (χ4v) is 2.99. The molecule has 0 aliphatic rings. The molecule has 0 fully saturated rings. The van der Waals surface area contributed by atoms with E-state index in [-0.39, 0.29) is 0 Å². The van der Waals surface area contributed by atoms with Gasteiger partial charge in [-0.2, -0.15) is 0 Å². The van der Waals surface area contributed by atoms with E-state index in [2.05, 4.69) is 35.8 Å². The molecular formula is C10H10NNaS2. The normalized spacial score (nSPS) is 13.4. The topological polar surface area (TPSA) is 12.9 Å². The molecule has 14 heavy (non-hydrogen) atoms. The average Bonchev–Trinajstić information content (AvgIpc) is 2.59. The van der Waals surface area contributed by atoms with Crippen molar-refractivity contribution in [1.29, 1.82) is 0 Å². The summed E-state index contributed by atoms with van der Waals surface area (Å²) in [6.45, 7) is 0. The Kier molecular flexibility index (Phi) is 3.91. The van der Waals surface area contributed by atoms with Crippen LogP contribution in [0.1, 0.15) is 5.01 Å². The summed E-state index contributed by atoms with van der Waals surface area (Å²) in [5.74, 6) is 0. The number of aromatic nitrogens is 1. The molecule has 0 bridgehead atoms. The van der Waals surface area contributed by atoms with Gasteiger partial charge in [0.1, 0.15) is 0 Å². The van der Waals surface area contributed by atoms with Gasteiger partial charge in [-0.3, -0.25) is 0 Å². The molecule has 0 radical (unpaired) electrons. The summed E-state index contributed by atoms with van der Waals surface area (Å²) in [5.41, 5.74) is 1.13. The van der Waals surface area contributed by atoms with Crippen LogP contribution in [0.5, 0.6) is 0 Å². The van der Waals surface area contributed by atoms with Crippen LogP contribution in [-0.2, 0) is 6.42 Å². The Labute approximate surface area is 111 Å². The number of benzene rings is 1. The third-order valence-electron chi connectivity index (χ3n) is 2.22. The van der Waals surface area contributed by atoms with E-state index in [9.17, 15) is 0 Å². The summed E-state index contributed by atoms with van der Waals surface area (Å²) in [5, 5.41) is 1.73. The van der Waals surface area contributed by atoms with Crippen molar-refractivity contribution >= 4 is 62.1 Å². The van der Waals surface area contributed by atoms with Crippen LogP contribution in [0.3, 0.4) is 0 Å². The monoisotopic (exact) mass is 231 g/mol. The van der Waals surface area contributed by atoms with Crippen molar-refractivity contribution in [2.45, 2.75) is 15.3 Å². The predicted molar refractivity (Wildman–Crippen MR) is 66.7 cm³/mol. The van der Waals surface area contributed by atoms with Crippen molar-refractivity contribution in [3.05, 3.63) is 29.3 Å². The van der Waals surface area contributed by atoms with Gasteiger partial charge in [0.15, 0.2) is 0 Å². The maximum atomic E-state index is 4.59. The molecule has 0 amide bonds. The number of hydrogen-bond donors (Lipinski definition) is 1. The SMILES string of the molecule is [Na][CH2]C(S)Cc1nc2ccccc2s1. The molecule has 68 valence electrons. The molecule has 0 saturated carbocycles. The van der Waals surface area contributed by atoms with Crippen LogP contribution in [0.15, 0.2) is 24.3 Å². The van der Waals surface area contributed by atoms with Gasteiger partial charge >= 0.3 is 112 Å². The molecule has 1 unspecified atom stereocenters. The average molecular weight is 231 g/mol. The summed E-state index contributed by atoms with van der Waals surface area (Å²) < 4.78 is 2.52. The second kappa shape index (κ2) is 4.99. The third-order valence-corrected chi connectivity index (χ3v) is 5.50. The van der Waals surface area contributed by atoms with Gasteiger partial charge in [-0.05, 0) is 0 Å². The van der Waals surface area contributed by atoms with Crippen molar-refractivity contribution < 1.29 is 0 Å². The summed E-state index contributed by atoms with van der Waals surface area (Å²) in [6.07, 6.45) is 1.02. The molecule has 4 heteroatoms. The zero-order valence-corrected chi connectivity index (χ0v) is 11.8. The van der Waals surface area contributed by atoms with Crippen LogP contribution in [0.4, 0.5) is 0 Å². The number of rotatable bonds is 3. The third kappa shape index (κ3) is 2.52. The Balaban J connectivity index is 2.27. The van der Waals surface area contributed by atoms with E-state index in [1.54, 1.807) is 11.3 Å². The van der Waals surface area contributed by atoms with Crippen molar-refractivity contribution in [3.8, 4) is 0 Å². The molecule has 2 aromatic rings. The number of thiol groups is 1. The minimum atomic E-state index is 0.502. The van der Waals surface area contributed by atoms with Crippen molar-refractivity contribution in [2.24, 2.45) is 0 Å². The van der Waals surface area contributed by atoms with Crippen LogP contribution in [0, 0.1) is 0 Å². The van der Waals surface area contributed by atoms with Crippen LogP contribution in [0.25, 0.3) is 10.2 Å². The Morgan fingerprint density at radius 3 is 2.93 bits per heavy atom. The first-order chi connectivity index (χ1) is 6.79. The summed E-state index contributed by atoms with van der Waals surface area (Å²) in [6, 6.07) is 8.31. The molecular weight excluding hydrogens is 221 g/mol. The molecule has 1 aromatic carbocycles. The molecule has 1 aromatic heterocycles. The van der Waals surface area contributed by atoms with Gasteiger partial charge < -0.3 is 0 Å². The Morgan fingerprint density at radius 2 is 2.21 bits per heavy atom. The van der Waals surface area contributed by atoms with E-state index in [1.165, 1.54) is 41.3 Å². The molecule has 1 nitrogen and oxygen atoms in total. The zero-order valence-electron chi connectivity index (χ0n) is 8.10. The predicted octanol–water partition coefficient (Wildman–Crippen LogP) is 2.72. The van der Waals surface area contributed by atoms with Gasteiger partial charge in [-0.25, -0.2) is 0 Å². The second-order valence-corrected chi connectivity index (χ2v) is 6.00. The molecule has 0 saturated heterocycles. The van der Waals surface area contributed by atoms with E-state index < -0.39 is 0 Å². The molecule has 0 aliphatic heterocycles.